The average molecular weight is 399 g/mol. The van der Waals surface area contributed by atoms with Gasteiger partial charge in [0.1, 0.15) is 8.07 Å². The van der Waals surface area contributed by atoms with Crippen molar-refractivity contribution in [2.24, 2.45) is 0 Å². The molecule has 1 rings (SSSR count). The van der Waals surface area contributed by atoms with E-state index in [1.165, 1.54) is 5.57 Å². The van der Waals surface area contributed by atoms with Crippen LogP contribution in [0.1, 0.15) is 70.2 Å². The molecule has 3 heteroatoms. The summed E-state index contributed by atoms with van der Waals surface area (Å²) in [7, 11) is -0.0770. The van der Waals surface area contributed by atoms with Gasteiger partial charge in [-0.25, -0.2) is 0 Å². The molecule has 0 saturated carbocycles. The van der Waals surface area contributed by atoms with Crippen molar-refractivity contribution in [1.82, 2.24) is 0 Å². The number of ether oxygens (including phenoxy) is 1. The quantitative estimate of drug-likeness (QED) is 0.150. The second-order valence-electron chi connectivity index (χ2n) is 9.00. The number of hydrogen-bond donors (Lipinski definition) is 0. The Labute approximate surface area is 173 Å². The minimum Gasteiger partial charge on any atom is -0.385 e. The molecular formula is C25H38O2Si. The van der Waals surface area contributed by atoms with Gasteiger partial charge in [-0.3, -0.25) is 4.79 Å². The number of unbranched alkanes of at least 4 members (excludes halogenated alkanes) is 1. The molecule has 0 aliphatic rings. The highest BCUT2D eigenvalue weighted by Gasteiger charge is 2.34. The molecule has 0 saturated heterocycles. The number of carbonyl (C=O) groups is 1. The van der Waals surface area contributed by atoms with Gasteiger partial charge in [0.25, 0.3) is 0 Å². The highest BCUT2D eigenvalue weighted by molar-refractivity contribution is 6.87. The van der Waals surface area contributed by atoms with Gasteiger partial charge in [0.15, 0.2) is 0 Å². The maximum absolute atomic E-state index is 13.4. The molecule has 154 valence electrons. The van der Waals surface area contributed by atoms with Crippen LogP contribution in [0.4, 0.5) is 0 Å². The fourth-order valence-corrected chi connectivity index (χ4v) is 3.45. The Bertz CT molecular complexity index is 712. The van der Waals surface area contributed by atoms with Gasteiger partial charge in [-0.2, -0.15) is 0 Å². The normalized spacial score (nSPS) is 12.8. The maximum atomic E-state index is 13.4. The van der Waals surface area contributed by atoms with Gasteiger partial charge >= 0.3 is 0 Å². The first-order valence-corrected chi connectivity index (χ1v) is 13.5. The van der Waals surface area contributed by atoms with Crippen LogP contribution in [0.15, 0.2) is 41.5 Å². The minimum atomic E-state index is -1.80. The molecule has 0 fully saturated rings. The highest BCUT2D eigenvalue weighted by Crippen LogP contribution is 2.35. The van der Waals surface area contributed by atoms with E-state index in [-0.39, 0.29) is 10.8 Å². The van der Waals surface area contributed by atoms with Gasteiger partial charge in [0.05, 0.1) is 5.57 Å². The van der Waals surface area contributed by atoms with Crippen LogP contribution in [-0.4, -0.2) is 27.6 Å². The lowest BCUT2D eigenvalue weighted by molar-refractivity contribution is 0.103. The molecule has 1 aromatic carbocycles. The van der Waals surface area contributed by atoms with E-state index >= 15 is 0 Å². The van der Waals surface area contributed by atoms with Crippen LogP contribution < -0.4 is 0 Å². The molecule has 28 heavy (non-hydrogen) atoms. The minimum absolute atomic E-state index is 0.0651. The molecule has 2 nitrogen and oxygen atoms in total. The number of allylic oxidation sites excluding steroid dienone is 2. The Balaban J connectivity index is 3.44. The van der Waals surface area contributed by atoms with Gasteiger partial charge in [0.2, 0.25) is 5.78 Å². The van der Waals surface area contributed by atoms with E-state index in [0.29, 0.717) is 6.61 Å². The standard InChI is InChI=1S/C25H38O2Si/c1-8-9-14-21(17-13-19-27-5)23(18-20-28(6,7)25(2,3)4)24(26)22-15-11-10-12-16-22/h10-12,15-16H,8-9,13-14,17,19H2,1-7H3/b23-21+. The second-order valence-corrected chi connectivity index (χ2v) is 14.0. The van der Waals surface area contributed by atoms with Crippen LogP contribution in [-0.2, 0) is 4.74 Å². The summed E-state index contributed by atoms with van der Waals surface area (Å²) in [5.74, 6) is 3.47. The largest absolute Gasteiger partial charge is 0.385 e. The number of Topliss-reactive ketones (excluding diaryl/α,β-unsaturated/α-hetero) is 1. The first-order chi connectivity index (χ1) is 13.1. The van der Waals surface area contributed by atoms with Crippen molar-refractivity contribution < 1.29 is 9.53 Å². The molecular weight excluding hydrogens is 360 g/mol. The number of ketones is 1. The second kappa shape index (κ2) is 11.4. The lowest BCUT2D eigenvalue weighted by Gasteiger charge is -2.31. The predicted octanol–water partition coefficient (Wildman–Crippen LogP) is 6.83. The van der Waals surface area contributed by atoms with Crippen LogP contribution in [0.25, 0.3) is 0 Å². The molecule has 1 aromatic rings. The fraction of sp³-hybridized carbons (Fsp3) is 0.560. The molecule has 0 atom stereocenters. The summed E-state index contributed by atoms with van der Waals surface area (Å²) in [6, 6.07) is 9.56. The third kappa shape index (κ3) is 7.41. The Hall–Kier alpha value is -1.63. The summed E-state index contributed by atoms with van der Waals surface area (Å²) in [6.45, 7) is 14.3. The summed E-state index contributed by atoms with van der Waals surface area (Å²) < 4.78 is 5.24. The number of benzene rings is 1. The SMILES string of the molecule is CCCC/C(CCCOC)=C(/C#C[Si](C)(C)C(C)(C)C)C(=O)c1ccccc1. The van der Waals surface area contributed by atoms with Gasteiger partial charge in [-0.1, -0.05) is 89.0 Å². The zero-order valence-electron chi connectivity index (χ0n) is 18.9. The molecule has 0 amide bonds. The van der Waals surface area contributed by atoms with Crippen molar-refractivity contribution in [2.75, 3.05) is 13.7 Å². The lowest BCUT2D eigenvalue weighted by Crippen LogP contribution is -2.35. The van der Waals surface area contributed by atoms with E-state index in [1.807, 2.05) is 30.3 Å². The zero-order valence-corrected chi connectivity index (χ0v) is 19.9. The first-order valence-electron chi connectivity index (χ1n) is 10.5. The van der Waals surface area contributed by atoms with E-state index in [9.17, 15) is 4.79 Å². The van der Waals surface area contributed by atoms with Crippen LogP contribution >= 0.6 is 0 Å². The summed E-state index contributed by atoms with van der Waals surface area (Å²) in [5, 5.41) is 0.167. The van der Waals surface area contributed by atoms with Crippen LogP contribution in [0.2, 0.25) is 18.1 Å². The number of hydrogen-bond acceptors (Lipinski definition) is 2. The summed E-state index contributed by atoms with van der Waals surface area (Å²) in [5.41, 5.74) is 6.22. The Kier molecular flexibility index (Phi) is 9.93. The summed E-state index contributed by atoms with van der Waals surface area (Å²) in [4.78, 5) is 13.4. The molecule has 0 N–H and O–H groups in total. The van der Waals surface area contributed by atoms with E-state index in [0.717, 1.165) is 43.2 Å². The van der Waals surface area contributed by atoms with Crippen molar-refractivity contribution in [3.05, 3.63) is 47.0 Å². The molecule has 0 spiro atoms. The monoisotopic (exact) mass is 398 g/mol. The topological polar surface area (TPSA) is 26.3 Å². The van der Waals surface area contributed by atoms with Crippen molar-refractivity contribution >= 4 is 13.9 Å². The molecule has 0 aliphatic heterocycles. The summed E-state index contributed by atoms with van der Waals surface area (Å²) in [6.07, 6.45) is 4.91. The van der Waals surface area contributed by atoms with Crippen LogP contribution in [0.3, 0.4) is 0 Å². The number of carbonyl (C=O) groups excluding carboxylic acids is 1. The van der Waals surface area contributed by atoms with E-state index in [4.69, 9.17) is 4.74 Å². The number of rotatable bonds is 9. The van der Waals surface area contributed by atoms with Gasteiger partial charge < -0.3 is 4.74 Å². The fourth-order valence-electron chi connectivity index (χ4n) is 2.64. The van der Waals surface area contributed by atoms with Crippen LogP contribution in [0, 0.1) is 11.5 Å². The average Bonchev–Trinajstić information content (AvgIpc) is 2.65. The third-order valence-corrected chi connectivity index (χ3v) is 10.2. The molecule has 0 radical (unpaired) electrons. The van der Waals surface area contributed by atoms with E-state index < -0.39 is 8.07 Å². The van der Waals surface area contributed by atoms with Crippen molar-refractivity contribution in [3.8, 4) is 11.5 Å². The van der Waals surface area contributed by atoms with E-state index in [1.54, 1.807) is 7.11 Å². The molecule has 0 bridgehead atoms. The molecule has 0 heterocycles. The molecule has 0 aliphatic carbocycles. The summed E-state index contributed by atoms with van der Waals surface area (Å²) >= 11 is 0. The van der Waals surface area contributed by atoms with Crippen molar-refractivity contribution in [2.45, 2.75) is 77.9 Å². The Morgan fingerprint density at radius 2 is 1.68 bits per heavy atom. The van der Waals surface area contributed by atoms with Gasteiger partial charge in [-0.05, 0) is 30.7 Å². The number of methoxy groups -OCH3 is 1. The van der Waals surface area contributed by atoms with E-state index in [2.05, 4.69) is 52.3 Å². The van der Waals surface area contributed by atoms with Crippen LogP contribution in [0.5, 0.6) is 0 Å². The lowest BCUT2D eigenvalue weighted by atomic mass is 9.93. The van der Waals surface area contributed by atoms with Gasteiger partial charge in [0, 0.05) is 19.3 Å². The van der Waals surface area contributed by atoms with Crippen molar-refractivity contribution in [3.63, 3.8) is 0 Å². The Morgan fingerprint density at radius 3 is 2.21 bits per heavy atom. The highest BCUT2D eigenvalue weighted by atomic mass is 28.3. The third-order valence-electron chi connectivity index (χ3n) is 5.65. The molecule has 0 aromatic heterocycles. The Morgan fingerprint density at radius 1 is 1.07 bits per heavy atom. The molecule has 0 unspecified atom stereocenters. The van der Waals surface area contributed by atoms with Gasteiger partial charge in [-0.15, -0.1) is 5.54 Å². The van der Waals surface area contributed by atoms with Crippen molar-refractivity contribution in [1.29, 1.82) is 0 Å². The predicted molar refractivity (Wildman–Crippen MR) is 123 cm³/mol. The maximum Gasteiger partial charge on any atom is 0.201 e. The first kappa shape index (κ1) is 24.4. The smallest absolute Gasteiger partial charge is 0.201 e. The zero-order chi connectivity index (χ0) is 21.2.